The van der Waals surface area contributed by atoms with E-state index in [-0.39, 0.29) is 5.41 Å². The number of benzene rings is 5. The molecule has 1 heterocycles. The molecule has 0 fully saturated rings. The molecule has 5 aromatic carbocycles. The van der Waals surface area contributed by atoms with Crippen molar-refractivity contribution in [2.45, 2.75) is 38.5 Å². The van der Waals surface area contributed by atoms with E-state index in [2.05, 4.69) is 141 Å². The minimum Gasteiger partial charge on any atom is -0.208 e. The van der Waals surface area contributed by atoms with Gasteiger partial charge < -0.3 is 0 Å². The summed E-state index contributed by atoms with van der Waals surface area (Å²) in [5, 5.41) is 0. The molecular weight excluding hydrogens is 583 g/mol. The van der Waals surface area contributed by atoms with Gasteiger partial charge in [0.15, 0.2) is 17.5 Å². The van der Waals surface area contributed by atoms with Crippen molar-refractivity contribution in [3.8, 4) is 45.0 Å². The molecule has 0 amide bonds. The second-order valence-electron chi connectivity index (χ2n) is 12.2. The highest BCUT2D eigenvalue weighted by atomic mass is 15.0. The van der Waals surface area contributed by atoms with Gasteiger partial charge in [-0.05, 0) is 52.6 Å². The summed E-state index contributed by atoms with van der Waals surface area (Å²) < 4.78 is 0. The maximum absolute atomic E-state index is 4.98. The first-order valence-electron chi connectivity index (χ1n) is 16.9. The SMILES string of the molecule is CCC(CC)(c1ccc(-c2ccc(-c3ccccc3)cc2)cc1)c1ccc(-c2nc(C3=CCC=CC=C3)nc(-c3ccccc3)n2)cc1. The molecule has 234 valence electrons. The number of allylic oxidation sites excluding steroid dienone is 6. The molecule has 1 aliphatic rings. The molecule has 1 aliphatic carbocycles. The van der Waals surface area contributed by atoms with Crippen molar-refractivity contribution in [2.24, 2.45) is 0 Å². The molecule has 1 aromatic heterocycles. The zero-order chi connectivity index (χ0) is 32.8. The summed E-state index contributed by atoms with van der Waals surface area (Å²) in [7, 11) is 0. The lowest BCUT2D eigenvalue weighted by Crippen LogP contribution is -2.26. The molecule has 6 aromatic rings. The van der Waals surface area contributed by atoms with E-state index in [9.17, 15) is 0 Å². The van der Waals surface area contributed by atoms with Crippen LogP contribution in [0.5, 0.6) is 0 Å². The van der Waals surface area contributed by atoms with E-state index in [4.69, 9.17) is 15.0 Å². The first-order valence-corrected chi connectivity index (χ1v) is 16.9. The summed E-state index contributed by atoms with van der Waals surface area (Å²) >= 11 is 0. The van der Waals surface area contributed by atoms with Crippen LogP contribution in [-0.2, 0) is 5.41 Å². The Labute approximate surface area is 284 Å². The third-order valence-corrected chi connectivity index (χ3v) is 9.59. The van der Waals surface area contributed by atoms with Crippen LogP contribution < -0.4 is 0 Å². The van der Waals surface area contributed by atoms with Crippen LogP contribution in [0.2, 0.25) is 0 Å². The van der Waals surface area contributed by atoms with Crippen molar-refractivity contribution < 1.29 is 0 Å². The summed E-state index contributed by atoms with van der Waals surface area (Å²) in [5.74, 6) is 2.05. The number of nitrogens with zero attached hydrogens (tertiary/aromatic N) is 3. The van der Waals surface area contributed by atoms with Gasteiger partial charge in [-0.15, -0.1) is 0 Å². The first-order chi connectivity index (χ1) is 23.7. The summed E-state index contributed by atoms with van der Waals surface area (Å²) in [4.78, 5) is 14.8. The van der Waals surface area contributed by atoms with Gasteiger partial charge in [0.1, 0.15) is 0 Å². The highest BCUT2D eigenvalue weighted by molar-refractivity contribution is 5.74. The van der Waals surface area contributed by atoms with E-state index < -0.39 is 0 Å². The molecular formula is C45H39N3. The van der Waals surface area contributed by atoms with Crippen molar-refractivity contribution in [2.75, 3.05) is 0 Å². The third kappa shape index (κ3) is 6.32. The highest BCUT2D eigenvalue weighted by Crippen LogP contribution is 2.40. The van der Waals surface area contributed by atoms with Crippen LogP contribution in [0.3, 0.4) is 0 Å². The Bertz CT molecular complexity index is 2070. The van der Waals surface area contributed by atoms with Crippen LogP contribution in [-0.4, -0.2) is 15.0 Å². The van der Waals surface area contributed by atoms with Crippen LogP contribution in [0.4, 0.5) is 0 Å². The standard InChI is InChI=1S/C45H39N3/c1-3-45(4-2,40-29-25-36(26-30-40)35-23-21-34(22-24-35)33-15-11-7-12-16-33)41-31-27-39(28-32-41)44-47-42(37-17-9-5-6-10-18-37)46-43(48-44)38-19-13-8-14-20-38/h5-9,11-32H,3-4,10H2,1-2H3. The minimum atomic E-state index is -0.101. The van der Waals surface area contributed by atoms with Crippen LogP contribution in [0.25, 0.3) is 50.6 Å². The number of hydrogen-bond donors (Lipinski definition) is 0. The van der Waals surface area contributed by atoms with Gasteiger partial charge in [-0.25, -0.2) is 15.0 Å². The molecule has 0 atom stereocenters. The van der Waals surface area contributed by atoms with Gasteiger partial charge in [0.2, 0.25) is 0 Å². The first kappa shape index (κ1) is 31.0. The van der Waals surface area contributed by atoms with Crippen LogP contribution in [0, 0.1) is 0 Å². The lowest BCUT2D eigenvalue weighted by atomic mass is 9.70. The second kappa shape index (κ2) is 14.0. The number of rotatable bonds is 9. The molecule has 0 saturated heterocycles. The van der Waals surface area contributed by atoms with Crippen molar-refractivity contribution in [1.82, 2.24) is 15.0 Å². The molecule has 0 N–H and O–H groups in total. The summed E-state index contributed by atoms with van der Waals surface area (Å²) in [6.45, 7) is 4.59. The monoisotopic (exact) mass is 621 g/mol. The molecule has 7 rings (SSSR count). The zero-order valence-electron chi connectivity index (χ0n) is 27.6. The maximum Gasteiger partial charge on any atom is 0.164 e. The van der Waals surface area contributed by atoms with Gasteiger partial charge >= 0.3 is 0 Å². The molecule has 0 radical (unpaired) electrons. The van der Waals surface area contributed by atoms with E-state index >= 15 is 0 Å². The molecule has 0 saturated carbocycles. The number of aromatic nitrogens is 3. The predicted octanol–water partition coefficient (Wildman–Crippen LogP) is 11.5. The topological polar surface area (TPSA) is 38.7 Å². The van der Waals surface area contributed by atoms with E-state index in [1.54, 1.807) is 0 Å². The third-order valence-electron chi connectivity index (χ3n) is 9.59. The lowest BCUT2D eigenvalue weighted by molar-refractivity contribution is 0.478. The lowest BCUT2D eigenvalue weighted by Gasteiger charge is -2.33. The van der Waals surface area contributed by atoms with Crippen molar-refractivity contribution in [1.29, 1.82) is 0 Å². The Balaban J connectivity index is 1.19. The van der Waals surface area contributed by atoms with Crippen LogP contribution in [0.15, 0.2) is 164 Å². The van der Waals surface area contributed by atoms with E-state index in [1.165, 1.54) is 33.4 Å². The molecule has 3 heteroatoms. The fourth-order valence-corrected chi connectivity index (χ4v) is 6.73. The van der Waals surface area contributed by atoms with Gasteiger partial charge in [0.05, 0.1) is 0 Å². The average molecular weight is 622 g/mol. The normalized spacial score (nSPS) is 12.8. The van der Waals surface area contributed by atoms with Gasteiger partial charge in [0, 0.05) is 22.1 Å². The molecule has 0 spiro atoms. The summed E-state index contributed by atoms with van der Waals surface area (Å²) in [6, 6.07) is 47.6. The Hall–Kier alpha value is -5.67. The fraction of sp³-hybridized carbons (Fsp3) is 0.133. The minimum absolute atomic E-state index is 0.101. The molecule has 0 aliphatic heterocycles. The van der Waals surface area contributed by atoms with Gasteiger partial charge in [-0.1, -0.05) is 178 Å². The smallest absolute Gasteiger partial charge is 0.164 e. The van der Waals surface area contributed by atoms with E-state index in [0.29, 0.717) is 17.5 Å². The van der Waals surface area contributed by atoms with Gasteiger partial charge in [-0.3, -0.25) is 0 Å². The van der Waals surface area contributed by atoms with Crippen molar-refractivity contribution in [3.63, 3.8) is 0 Å². The quantitative estimate of drug-likeness (QED) is 0.161. The highest BCUT2D eigenvalue weighted by Gasteiger charge is 2.30. The van der Waals surface area contributed by atoms with E-state index in [1.807, 2.05) is 36.4 Å². The molecule has 0 unspecified atom stereocenters. The molecule has 48 heavy (non-hydrogen) atoms. The van der Waals surface area contributed by atoms with Crippen molar-refractivity contribution >= 4 is 5.57 Å². The van der Waals surface area contributed by atoms with Crippen molar-refractivity contribution in [3.05, 3.63) is 181 Å². The fourth-order valence-electron chi connectivity index (χ4n) is 6.73. The van der Waals surface area contributed by atoms with Crippen LogP contribution in [0.1, 0.15) is 50.1 Å². The summed E-state index contributed by atoms with van der Waals surface area (Å²) in [5.41, 5.74) is 10.4. The van der Waals surface area contributed by atoms with E-state index in [0.717, 1.165) is 36.0 Å². The Kier molecular flexibility index (Phi) is 9.02. The molecule has 3 nitrogen and oxygen atoms in total. The van der Waals surface area contributed by atoms with Crippen LogP contribution >= 0.6 is 0 Å². The Morgan fingerprint density at radius 3 is 1.40 bits per heavy atom. The Morgan fingerprint density at radius 1 is 0.458 bits per heavy atom. The predicted molar refractivity (Wildman–Crippen MR) is 200 cm³/mol. The second-order valence-corrected chi connectivity index (χ2v) is 12.2. The molecule has 0 bridgehead atoms. The van der Waals surface area contributed by atoms with Gasteiger partial charge in [0.25, 0.3) is 0 Å². The van der Waals surface area contributed by atoms with Gasteiger partial charge in [-0.2, -0.15) is 0 Å². The largest absolute Gasteiger partial charge is 0.208 e. The summed E-state index contributed by atoms with van der Waals surface area (Å²) in [6.07, 6.45) is 13.3. The number of hydrogen-bond acceptors (Lipinski definition) is 3. The Morgan fingerprint density at radius 2 is 0.875 bits per heavy atom. The maximum atomic E-state index is 4.98. The zero-order valence-corrected chi connectivity index (χ0v) is 27.6. The average Bonchev–Trinajstić information content (AvgIpc) is 3.47.